The maximum absolute atomic E-state index is 14.0. The van der Waals surface area contributed by atoms with Gasteiger partial charge in [-0.15, -0.1) is 0 Å². The van der Waals surface area contributed by atoms with Gasteiger partial charge >= 0.3 is 0 Å². The molecule has 2 aromatic carbocycles. The van der Waals surface area contributed by atoms with Crippen LogP contribution in [0.25, 0.3) is 0 Å². The SMILES string of the molecule is COc1ccc(C(=O)[C@H]([C@H](c2ccccc2)[NH+]2CCOCC2)[NH+]2CCOCC2)cc1. The van der Waals surface area contributed by atoms with Crippen molar-refractivity contribution < 1.29 is 28.8 Å². The van der Waals surface area contributed by atoms with Gasteiger partial charge in [-0.25, -0.2) is 0 Å². The lowest BCUT2D eigenvalue weighted by Crippen LogP contribution is -3.25. The second-order valence-electron chi connectivity index (χ2n) is 8.00. The first-order valence-electron chi connectivity index (χ1n) is 10.9. The molecule has 0 aliphatic carbocycles. The Morgan fingerprint density at radius 3 is 1.97 bits per heavy atom. The van der Waals surface area contributed by atoms with Gasteiger partial charge in [-0.05, 0) is 24.3 Å². The Labute approximate surface area is 178 Å². The first-order chi connectivity index (χ1) is 14.8. The highest BCUT2D eigenvalue weighted by molar-refractivity contribution is 5.99. The van der Waals surface area contributed by atoms with E-state index in [0.717, 1.165) is 50.7 Å². The zero-order valence-corrected chi connectivity index (χ0v) is 17.6. The number of rotatable bonds is 7. The maximum Gasteiger partial charge on any atom is 0.226 e. The van der Waals surface area contributed by atoms with E-state index in [1.165, 1.54) is 15.4 Å². The minimum absolute atomic E-state index is 0.0813. The topological polar surface area (TPSA) is 53.6 Å². The second kappa shape index (κ2) is 10.2. The molecular weight excluding hydrogens is 380 g/mol. The van der Waals surface area contributed by atoms with Gasteiger partial charge in [0.25, 0.3) is 0 Å². The first kappa shape index (κ1) is 21.0. The van der Waals surface area contributed by atoms with Crippen molar-refractivity contribution in [2.45, 2.75) is 12.1 Å². The van der Waals surface area contributed by atoms with E-state index in [1.807, 2.05) is 30.3 Å². The van der Waals surface area contributed by atoms with Gasteiger partial charge in [0.1, 0.15) is 31.9 Å². The molecule has 6 nitrogen and oxygen atoms in total. The predicted molar refractivity (Wildman–Crippen MR) is 113 cm³/mol. The van der Waals surface area contributed by atoms with Crippen LogP contribution in [0.1, 0.15) is 22.0 Å². The van der Waals surface area contributed by atoms with E-state index in [4.69, 9.17) is 14.2 Å². The molecule has 0 amide bonds. The van der Waals surface area contributed by atoms with Gasteiger partial charge in [0, 0.05) is 11.1 Å². The lowest BCUT2D eigenvalue weighted by Gasteiger charge is -2.39. The fourth-order valence-corrected chi connectivity index (χ4v) is 4.72. The number of quaternary nitrogens is 2. The van der Waals surface area contributed by atoms with Crippen molar-refractivity contribution in [2.75, 3.05) is 59.7 Å². The number of morpholine rings is 2. The average Bonchev–Trinajstić information content (AvgIpc) is 2.84. The highest BCUT2D eigenvalue weighted by Crippen LogP contribution is 2.19. The van der Waals surface area contributed by atoms with Gasteiger partial charge in [-0.3, -0.25) is 4.79 Å². The van der Waals surface area contributed by atoms with Gasteiger partial charge < -0.3 is 24.0 Å². The van der Waals surface area contributed by atoms with Crippen LogP contribution < -0.4 is 14.5 Å². The number of ether oxygens (including phenoxy) is 3. The third kappa shape index (κ3) is 4.73. The number of hydrogen-bond acceptors (Lipinski definition) is 4. The average molecular weight is 413 g/mol. The maximum atomic E-state index is 14.0. The smallest absolute Gasteiger partial charge is 0.226 e. The van der Waals surface area contributed by atoms with E-state index < -0.39 is 0 Å². The molecule has 2 aliphatic rings. The molecule has 2 aromatic rings. The lowest BCUT2D eigenvalue weighted by atomic mass is 9.89. The van der Waals surface area contributed by atoms with Crippen molar-refractivity contribution in [2.24, 2.45) is 0 Å². The summed E-state index contributed by atoms with van der Waals surface area (Å²) in [7, 11) is 1.64. The third-order valence-electron chi connectivity index (χ3n) is 6.30. The Morgan fingerprint density at radius 1 is 0.833 bits per heavy atom. The van der Waals surface area contributed by atoms with Crippen LogP contribution in [0.2, 0.25) is 0 Å². The van der Waals surface area contributed by atoms with Crippen molar-refractivity contribution in [3.63, 3.8) is 0 Å². The van der Waals surface area contributed by atoms with Gasteiger partial charge in [0.05, 0.1) is 33.5 Å². The molecule has 2 heterocycles. The summed E-state index contributed by atoms with van der Waals surface area (Å²) in [5, 5.41) is 0. The number of benzene rings is 2. The molecule has 6 heteroatoms. The van der Waals surface area contributed by atoms with Gasteiger partial charge in [-0.2, -0.15) is 0 Å². The molecule has 160 valence electrons. The summed E-state index contributed by atoms with van der Waals surface area (Å²) in [5.74, 6) is 0.961. The van der Waals surface area contributed by atoms with Gasteiger partial charge in [0.2, 0.25) is 11.8 Å². The summed E-state index contributed by atoms with van der Waals surface area (Å²) in [6.07, 6.45) is 0. The first-order valence-corrected chi connectivity index (χ1v) is 10.9. The van der Waals surface area contributed by atoms with E-state index in [2.05, 4.69) is 24.3 Å². The summed E-state index contributed by atoms with van der Waals surface area (Å²) < 4.78 is 16.5. The molecular formula is C24H32N2O4+2. The normalized spacial score (nSPS) is 20.4. The van der Waals surface area contributed by atoms with E-state index in [9.17, 15) is 4.79 Å². The number of carbonyl (C=O) groups excluding carboxylic acids is 1. The molecule has 0 aromatic heterocycles. The summed E-state index contributed by atoms with van der Waals surface area (Å²) in [6, 6.07) is 18.0. The Bertz CT molecular complexity index is 800. The Morgan fingerprint density at radius 2 is 1.40 bits per heavy atom. The van der Waals surface area contributed by atoms with Crippen molar-refractivity contribution >= 4 is 5.78 Å². The molecule has 4 rings (SSSR count). The van der Waals surface area contributed by atoms with E-state index in [-0.39, 0.29) is 17.9 Å². The second-order valence-corrected chi connectivity index (χ2v) is 8.00. The van der Waals surface area contributed by atoms with E-state index in [1.54, 1.807) is 7.11 Å². The van der Waals surface area contributed by atoms with Crippen molar-refractivity contribution in [3.8, 4) is 5.75 Å². The number of hydrogen-bond donors (Lipinski definition) is 2. The van der Waals surface area contributed by atoms with Crippen LogP contribution in [0.5, 0.6) is 5.75 Å². The molecule has 0 radical (unpaired) electrons. The lowest BCUT2D eigenvalue weighted by molar-refractivity contribution is -0.999. The quantitative estimate of drug-likeness (QED) is 0.620. The molecule has 2 N–H and O–H groups in total. The fourth-order valence-electron chi connectivity index (χ4n) is 4.72. The van der Waals surface area contributed by atoms with Crippen molar-refractivity contribution in [1.29, 1.82) is 0 Å². The number of ketones is 1. The molecule has 2 aliphatic heterocycles. The highest BCUT2D eigenvalue weighted by Gasteiger charge is 2.45. The summed E-state index contributed by atoms with van der Waals surface area (Å²) in [4.78, 5) is 16.7. The van der Waals surface area contributed by atoms with Crippen LogP contribution >= 0.6 is 0 Å². The zero-order valence-electron chi connectivity index (χ0n) is 17.6. The van der Waals surface area contributed by atoms with Crippen LogP contribution in [-0.4, -0.2) is 71.5 Å². The molecule has 0 unspecified atom stereocenters. The van der Waals surface area contributed by atoms with Gasteiger partial charge in [0.15, 0.2) is 6.04 Å². The van der Waals surface area contributed by atoms with E-state index in [0.29, 0.717) is 13.2 Å². The number of nitrogens with one attached hydrogen (secondary N) is 2. The number of Topliss-reactive ketones (excluding diaryl/α,β-unsaturated/α-hetero) is 1. The highest BCUT2D eigenvalue weighted by atomic mass is 16.5. The molecule has 2 saturated heterocycles. The summed E-state index contributed by atoms with van der Waals surface area (Å²) >= 11 is 0. The van der Waals surface area contributed by atoms with Crippen LogP contribution in [0.3, 0.4) is 0 Å². The number of carbonyl (C=O) groups is 1. The monoisotopic (exact) mass is 412 g/mol. The molecule has 2 fully saturated rings. The molecule has 2 atom stereocenters. The molecule has 0 saturated carbocycles. The molecule has 0 spiro atoms. The largest absolute Gasteiger partial charge is 0.497 e. The van der Waals surface area contributed by atoms with Crippen molar-refractivity contribution in [3.05, 3.63) is 65.7 Å². The molecule has 0 bridgehead atoms. The minimum atomic E-state index is -0.169. The Kier molecular flexibility index (Phi) is 7.12. The standard InChI is InChI=1S/C24H30N2O4/c1-28-21-9-7-20(8-10-21)24(27)23(26-13-17-30-18-14-26)22(19-5-3-2-4-6-19)25-11-15-29-16-12-25/h2-10,22-23H,11-18H2,1H3/p+2/t22-,23-/m0/s1. The van der Waals surface area contributed by atoms with Crippen LogP contribution in [-0.2, 0) is 9.47 Å². The Balaban J connectivity index is 1.73. The van der Waals surface area contributed by atoms with Gasteiger partial charge in [-0.1, -0.05) is 30.3 Å². The Hall–Kier alpha value is -2.25. The summed E-state index contributed by atoms with van der Waals surface area (Å²) in [5.41, 5.74) is 1.97. The van der Waals surface area contributed by atoms with Crippen LogP contribution in [0.15, 0.2) is 54.6 Å². The van der Waals surface area contributed by atoms with E-state index >= 15 is 0 Å². The summed E-state index contributed by atoms with van der Waals surface area (Å²) in [6.45, 7) is 6.38. The van der Waals surface area contributed by atoms with Crippen molar-refractivity contribution in [1.82, 2.24) is 0 Å². The third-order valence-corrected chi connectivity index (χ3v) is 6.30. The predicted octanol–water partition coefficient (Wildman–Crippen LogP) is -0.182. The van der Waals surface area contributed by atoms with Crippen LogP contribution in [0, 0.1) is 0 Å². The van der Waals surface area contributed by atoms with Crippen LogP contribution in [0.4, 0.5) is 0 Å². The minimum Gasteiger partial charge on any atom is -0.497 e. The number of methoxy groups -OCH3 is 1. The molecule has 30 heavy (non-hydrogen) atoms. The zero-order chi connectivity index (χ0) is 20.8. The fraction of sp³-hybridized carbons (Fsp3) is 0.458.